The highest BCUT2D eigenvalue weighted by Crippen LogP contribution is 2.21. The van der Waals surface area contributed by atoms with Gasteiger partial charge < -0.3 is 4.74 Å². The Bertz CT molecular complexity index is 642. The summed E-state index contributed by atoms with van der Waals surface area (Å²) in [6, 6.07) is 13.6. The van der Waals surface area contributed by atoms with Crippen LogP contribution in [0.3, 0.4) is 0 Å². The zero-order chi connectivity index (χ0) is 14.7. The first-order valence-electron chi connectivity index (χ1n) is 7.12. The maximum absolute atomic E-state index is 10.9. The summed E-state index contributed by atoms with van der Waals surface area (Å²) in [5, 5.41) is 0. The zero-order valence-electron chi connectivity index (χ0n) is 12.0. The predicted octanol–water partition coefficient (Wildman–Crippen LogP) is 2.64. The Labute approximate surface area is 124 Å². The Balaban J connectivity index is 1.74. The number of benzene rings is 1. The highest BCUT2D eigenvalue weighted by Gasteiger charge is 2.24. The molecule has 1 saturated heterocycles. The van der Waals surface area contributed by atoms with E-state index in [2.05, 4.69) is 16.9 Å². The van der Waals surface area contributed by atoms with Crippen molar-refractivity contribution in [3.63, 3.8) is 0 Å². The Morgan fingerprint density at radius 3 is 2.90 bits per heavy atom. The molecule has 1 aromatic carbocycles. The van der Waals surface area contributed by atoms with Crippen LogP contribution >= 0.6 is 0 Å². The van der Waals surface area contributed by atoms with Gasteiger partial charge >= 0.3 is 0 Å². The molecule has 1 aromatic heterocycles. The molecule has 4 nitrogen and oxygen atoms in total. The fraction of sp³-hybridized carbons (Fsp3) is 0.294. The van der Waals surface area contributed by atoms with Crippen LogP contribution in [0.4, 0.5) is 0 Å². The van der Waals surface area contributed by atoms with Crippen molar-refractivity contribution >= 4 is 6.29 Å². The number of rotatable bonds is 5. The van der Waals surface area contributed by atoms with E-state index >= 15 is 0 Å². The van der Waals surface area contributed by atoms with Crippen LogP contribution in [0.2, 0.25) is 0 Å². The first-order valence-corrected chi connectivity index (χ1v) is 7.12. The monoisotopic (exact) mass is 282 g/mol. The highest BCUT2D eigenvalue weighted by atomic mass is 16.5. The van der Waals surface area contributed by atoms with Gasteiger partial charge in [-0.1, -0.05) is 24.3 Å². The lowest BCUT2D eigenvalue weighted by molar-refractivity contribution is 0.0751. The lowest BCUT2D eigenvalue weighted by atomic mass is 10.1. The summed E-state index contributed by atoms with van der Waals surface area (Å²) in [6.45, 7) is 1.81. The molecule has 1 aliphatic heterocycles. The molecule has 108 valence electrons. The Morgan fingerprint density at radius 2 is 2.19 bits per heavy atom. The van der Waals surface area contributed by atoms with Crippen LogP contribution in [0.25, 0.3) is 11.3 Å². The smallest absolute Gasteiger partial charge is 0.213 e. The van der Waals surface area contributed by atoms with Crippen molar-refractivity contribution in [1.29, 1.82) is 0 Å². The fourth-order valence-electron chi connectivity index (χ4n) is 2.39. The highest BCUT2D eigenvalue weighted by molar-refractivity contribution is 5.78. The quantitative estimate of drug-likeness (QED) is 0.791. The molecule has 1 aliphatic rings. The summed E-state index contributed by atoms with van der Waals surface area (Å²) in [6.07, 6.45) is 2.02. The lowest BCUT2D eigenvalue weighted by Gasteiger charge is -2.37. The molecule has 2 heterocycles. The van der Waals surface area contributed by atoms with E-state index in [-0.39, 0.29) is 0 Å². The molecule has 2 aromatic rings. The molecule has 0 radical (unpaired) electrons. The Morgan fingerprint density at radius 1 is 1.33 bits per heavy atom. The van der Waals surface area contributed by atoms with Gasteiger partial charge in [-0.05, 0) is 32.1 Å². The van der Waals surface area contributed by atoms with Crippen molar-refractivity contribution in [3.05, 3.63) is 48.0 Å². The molecule has 0 amide bonds. The molecule has 0 spiro atoms. The number of carbonyl (C=O) groups is 1. The number of pyridine rings is 1. The van der Waals surface area contributed by atoms with Gasteiger partial charge in [-0.15, -0.1) is 0 Å². The summed E-state index contributed by atoms with van der Waals surface area (Å²) in [5.74, 6) is 0.629. The molecular weight excluding hydrogens is 264 g/mol. The van der Waals surface area contributed by atoms with Gasteiger partial charge in [0.1, 0.15) is 12.9 Å². The maximum atomic E-state index is 10.9. The number of ether oxygens (including phenoxy) is 1. The van der Waals surface area contributed by atoms with Gasteiger partial charge in [0.05, 0.1) is 5.69 Å². The summed E-state index contributed by atoms with van der Waals surface area (Å²) in [7, 11) is 2.10. The maximum Gasteiger partial charge on any atom is 0.213 e. The van der Waals surface area contributed by atoms with Gasteiger partial charge in [-0.25, -0.2) is 4.98 Å². The van der Waals surface area contributed by atoms with E-state index in [1.54, 1.807) is 6.07 Å². The third-order valence-corrected chi connectivity index (χ3v) is 3.90. The van der Waals surface area contributed by atoms with Crippen molar-refractivity contribution in [3.8, 4) is 17.1 Å². The number of aldehydes is 1. The summed E-state index contributed by atoms with van der Waals surface area (Å²) >= 11 is 0. The minimum atomic E-state index is 0.494. The van der Waals surface area contributed by atoms with Gasteiger partial charge in [0.2, 0.25) is 5.88 Å². The minimum absolute atomic E-state index is 0.494. The van der Waals surface area contributed by atoms with Gasteiger partial charge in [0, 0.05) is 23.2 Å². The summed E-state index contributed by atoms with van der Waals surface area (Å²) in [5.41, 5.74) is 2.39. The standard InChI is InChI=1S/C17H18N2O2/c1-19-9-8-15(19)12-21-17-7-3-6-16(18-17)14-5-2-4-13(10-14)11-20/h2-7,10-11,15H,8-9,12H2,1H3/t15-/m0/s1. The molecule has 0 bridgehead atoms. The largest absolute Gasteiger partial charge is 0.476 e. The number of hydrogen-bond donors (Lipinski definition) is 0. The van der Waals surface area contributed by atoms with E-state index < -0.39 is 0 Å². The average Bonchev–Trinajstić information content (AvgIpc) is 2.54. The van der Waals surface area contributed by atoms with E-state index in [0.29, 0.717) is 24.1 Å². The topological polar surface area (TPSA) is 42.4 Å². The van der Waals surface area contributed by atoms with Crippen LogP contribution in [0.1, 0.15) is 16.8 Å². The van der Waals surface area contributed by atoms with Crippen molar-refractivity contribution < 1.29 is 9.53 Å². The number of hydrogen-bond acceptors (Lipinski definition) is 4. The Kier molecular flexibility index (Phi) is 3.97. The molecular formula is C17H18N2O2. The van der Waals surface area contributed by atoms with Crippen LogP contribution in [0.15, 0.2) is 42.5 Å². The third-order valence-electron chi connectivity index (χ3n) is 3.90. The molecule has 0 aliphatic carbocycles. The van der Waals surface area contributed by atoms with Gasteiger partial charge in [0.25, 0.3) is 0 Å². The average molecular weight is 282 g/mol. The number of likely N-dealkylation sites (tertiary alicyclic amines) is 1. The second-order valence-electron chi connectivity index (χ2n) is 5.34. The van der Waals surface area contributed by atoms with Crippen LogP contribution in [0, 0.1) is 0 Å². The van der Waals surface area contributed by atoms with Crippen molar-refractivity contribution in [2.45, 2.75) is 12.5 Å². The second-order valence-corrected chi connectivity index (χ2v) is 5.34. The predicted molar refractivity (Wildman–Crippen MR) is 81.6 cm³/mol. The third kappa shape index (κ3) is 3.11. The molecule has 0 unspecified atom stereocenters. The van der Waals surface area contributed by atoms with E-state index in [0.717, 1.165) is 24.1 Å². The molecule has 1 fully saturated rings. The van der Waals surface area contributed by atoms with Crippen molar-refractivity contribution in [2.75, 3.05) is 20.2 Å². The SMILES string of the molecule is CN1CC[C@H]1COc1cccc(-c2cccc(C=O)c2)n1. The number of likely N-dealkylation sites (N-methyl/N-ethyl adjacent to an activating group) is 1. The van der Waals surface area contributed by atoms with Gasteiger partial charge in [-0.3, -0.25) is 9.69 Å². The number of nitrogens with zero attached hydrogens (tertiary/aromatic N) is 2. The van der Waals surface area contributed by atoms with E-state index in [4.69, 9.17) is 4.74 Å². The summed E-state index contributed by atoms with van der Waals surface area (Å²) in [4.78, 5) is 17.6. The number of aromatic nitrogens is 1. The number of carbonyl (C=O) groups excluding carboxylic acids is 1. The first-order chi connectivity index (χ1) is 10.3. The molecule has 1 atom stereocenters. The second kappa shape index (κ2) is 6.06. The molecule has 0 N–H and O–H groups in total. The van der Waals surface area contributed by atoms with E-state index in [9.17, 15) is 4.79 Å². The molecule has 3 rings (SSSR count). The fourth-order valence-corrected chi connectivity index (χ4v) is 2.39. The summed E-state index contributed by atoms with van der Waals surface area (Å²) < 4.78 is 5.78. The van der Waals surface area contributed by atoms with Crippen molar-refractivity contribution in [1.82, 2.24) is 9.88 Å². The first kappa shape index (κ1) is 13.8. The molecule has 4 heteroatoms. The van der Waals surface area contributed by atoms with Crippen LogP contribution in [0.5, 0.6) is 5.88 Å². The molecule has 0 saturated carbocycles. The van der Waals surface area contributed by atoms with Crippen LogP contribution in [-0.2, 0) is 0 Å². The van der Waals surface area contributed by atoms with Crippen LogP contribution in [-0.4, -0.2) is 42.4 Å². The minimum Gasteiger partial charge on any atom is -0.476 e. The molecule has 21 heavy (non-hydrogen) atoms. The van der Waals surface area contributed by atoms with Crippen LogP contribution < -0.4 is 4.74 Å². The van der Waals surface area contributed by atoms with Gasteiger partial charge in [0.15, 0.2) is 0 Å². The van der Waals surface area contributed by atoms with E-state index in [1.165, 1.54) is 6.42 Å². The van der Waals surface area contributed by atoms with Gasteiger partial charge in [-0.2, -0.15) is 0 Å². The van der Waals surface area contributed by atoms with E-state index in [1.807, 2.05) is 36.4 Å². The normalized spacial score (nSPS) is 18.0. The lowest BCUT2D eigenvalue weighted by Crippen LogP contribution is -2.48. The Hall–Kier alpha value is -2.20. The van der Waals surface area contributed by atoms with Crippen molar-refractivity contribution in [2.24, 2.45) is 0 Å². The zero-order valence-corrected chi connectivity index (χ0v) is 12.0.